The van der Waals surface area contributed by atoms with Crippen molar-refractivity contribution in [3.05, 3.63) is 36.6 Å². The summed E-state index contributed by atoms with van der Waals surface area (Å²) in [4.78, 5) is 13.1. The summed E-state index contributed by atoms with van der Waals surface area (Å²) < 4.78 is 5.27. The van der Waals surface area contributed by atoms with Crippen molar-refractivity contribution in [3.8, 4) is 0 Å². The molecule has 0 bridgehead atoms. The van der Waals surface area contributed by atoms with Crippen LogP contribution < -0.4 is 0 Å². The second kappa shape index (κ2) is 3.64. The van der Waals surface area contributed by atoms with Crippen molar-refractivity contribution in [2.24, 2.45) is 0 Å². The standard InChI is InChI=1S/C11H13NO3/c1-2-5-12-6-7-15-11(14)4-3-9(13)8-10(11)12/h2-4,8,14H,1,5-7H2. The van der Waals surface area contributed by atoms with Gasteiger partial charge in [0.1, 0.15) is 0 Å². The Labute approximate surface area is 88.1 Å². The first-order chi connectivity index (χ1) is 7.15. The number of nitrogens with zero attached hydrogens (tertiary/aromatic N) is 1. The number of aliphatic hydroxyl groups is 1. The van der Waals surface area contributed by atoms with E-state index in [4.69, 9.17) is 4.74 Å². The molecule has 2 aliphatic rings. The number of morpholine rings is 1. The molecule has 0 amide bonds. The Kier molecular flexibility index (Phi) is 2.46. The van der Waals surface area contributed by atoms with Crippen LogP contribution in [0.2, 0.25) is 0 Å². The largest absolute Gasteiger partial charge is 0.364 e. The molecule has 0 aromatic carbocycles. The molecule has 1 N–H and O–H groups in total. The molecule has 4 heteroatoms. The number of hydrogen-bond acceptors (Lipinski definition) is 4. The molecule has 0 radical (unpaired) electrons. The van der Waals surface area contributed by atoms with E-state index in [9.17, 15) is 9.90 Å². The predicted molar refractivity (Wildman–Crippen MR) is 54.9 cm³/mol. The zero-order valence-corrected chi connectivity index (χ0v) is 8.35. The smallest absolute Gasteiger partial charge is 0.228 e. The van der Waals surface area contributed by atoms with Gasteiger partial charge in [0.2, 0.25) is 5.79 Å². The van der Waals surface area contributed by atoms with E-state index in [1.54, 1.807) is 6.08 Å². The summed E-state index contributed by atoms with van der Waals surface area (Å²) in [5, 5.41) is 10.1. The SMILES string of the molecule is C=CCN1CCOC2(O)C=CC(=O)C=C12. The number of allylic oxidation sites excluding steroid dienone is 2. The van der Waals surface area contributed by atoms with Crippen LogP contribution in [0.3, 0.4) is 0 Å². The maximum atomic E-state index is 11.2. The van der Waals surface area contributed by atoms with E-state index in [1.807, 2.05) is 4.90 Å². The molecule has 1 fully saturated rings. The second-order valence-electron chi connectivity index (χ2n) is 3.54. The van der Waals surface area contributed by atoms with Gasteiger partial charge in [-0.15, -0.1) is 6.58 Å². The van der Waals surface area contributed by atoms with Crippen molar-refractivity contribution in [2.45, 2.75) is 5.79 Å². The van der Waals surface area contributed by atoms with Crippen molar-refractivity contribution in [2.75, 3.05) is 19.7 Å². The number of ether oxygens (including phenoxy) is 1. The summed E-state index contributed by atoms with van der Waals surface area (Å²) in [6.07, 6.45) is 5.85. The molecule has 1 aliphatic heterocycles. The Hall–Kier alpha value is -1.39. The third-order valence-electron chi connectivity index (χ3n) is 2.49. The highest BCUT2D eigenvalue weighted by atomic mass is 16.6. The van der Waals surface area contributed by atoms with Crippen molar-refractivity contribution in [1.82, 2.24) is 4.90 Å². The molecular formula is C11H13NO3. The van der Waals surface area contributed by atoms with E-state index >= 15 is 0 Å². The Morgan fingerprint density at radius 1 is 1.73 bits per heavy atom. The van der Waals surface area contributed by atoms with Gasteiger partial charge in [0.25, 0.3) is 0 Å². The van der Waals surface area contributed by atoms with E-state index in [1.165, 1.54) is 18.2 Å². The number of carbonyl (C=O) groups excluding carboxylic acids is 1. The van der Waals surface area contributed by atoms with E-state index in [0.717, 1.165) is 0 Å². The van der Waals surface area contributed by atoms with Crippen molar-refractivity contribution >= 4 is 5.78 Å². The molecule has 1 atom stereocenters. The molecule has 0 spiro atoms. The van der Waals surface area contributed by atoms with Crippen LogP contribution in [0.25, 0.3) is 0 Å². The maximum Gasteiger partial charge on any atom is 0.228 e. The second-order valence-corrected chi connectivity index (χ2v) is 3.54. The molecule has 1 aliphatic carbocycles. The zero-order chi connectivity index (χ0) is 10.9. The molecular weight excluding hydrogens is 194 g/mol. The first-order valence-electron chi connectivity index (χ1n) is 4.83. The number of carbonyl (C=O) groups is 1. The lowest BCUT2D eigenvalue weighted by atomic mass is 10.0. The van der Waals surface area contributed by atoms with E-state index in [-0.39, 0.29) is 5.78 Å². The van der Waals surface area contributed by atoms with Gasteiger partial charge < -0.3 is 14.7 Å². The number of ketones is 1. The normalized spacial score (nSPS) is 29.8. The van der Waals surface area contributed by atoms with Gasteiger partial charge in [-0.25, -0.2) is 0 Å². The zero-order valence-electron chi connectivity index (χ0n) is 8.35. The van der Waals surface area contributed by atoms with Crippen LogP contribution in [0.1, 0.15) is 0 Å². The third-order valence-corrected chi connectivity index (χ3v) is 2.49. The number of fused-ring (bicyclic) bond motifs is 1. The minimum absolute atomic E-state index is 0.130. The quantitative estimate of drug-likeness (QED) is 0.658. The fourth-order valence-electron chi connectivity index (χ4n) is 1.78. The molecule has 80 valence electrons. The van der Waals surface area contributed by atoms with Crippen molar-refractivity contribution in [3.63, 3.8) is 0 Å². The van der Waals surface area contributed by atoms with Gasteiger partial charge in [0.05, 0.1) is 12.3 Å². The molecule has 1 saturated heterocycles. The third kappa shape index (κ3) is 1.73. The van der Waals surface area contributed by atoms with Gasteiger partial charge >= 0.3 is 0 Å². The van der Waals surface area contributed by atoms with Gasteiger partial charge in [0.15, 0.2) is 5.78 Å². The van der Waals surface area contributed by atoms with Crippen LogP contribution in [0, 0.1) is 0 Å². The number of rotatable bonds is 2. The Bertz CT molecular complexity index is 359. The van der Waals surface area contributed by atoms with Gasteiger partial charge in [-0.2, -0.15) is 0 Å². The van der Waals surface area contributed by atoms with E-state index < -0.39 is 5.79 Å². The maximum absolute atomic E-state index is 11.2. The lowest BCUT2D eigenvalue weighted by Gasteiger charge is -2.41. The Morgan fingerprint density at radius 3 is 3.27 bits per heavy atom. The minimum atomic E-state index is -1.44. The molecule has 0 aromatic rings. The number of hydrogen-bond donors (Lipinski definition) is 1. The van der Waals surface area contributed by atoms with Crippen LogP contribution in [-0.2, 0) is 9.53 Å². The van der Waals surface area contributed by atoms with Gasteiger partial charge in [-0.1, -0.05) is 6.08 Å². The molecule has 0 saturated carbocycles. The predicted octanol–water partition coefficient (Wildman–Crippen LogP) is 0.216. The topological polar surface area (TPSA) is 49.8 Å². The van der Waals surface area contributed by atoms with Crippen LogP contribution in [0.4, 0.5) is 0 Å². The molecule has 15 heavy (non-hydrogen) atoms. The first kappa shape index (κ1) is 10.1. The Balaban J connectivity index is 2.32. The summed E-state index contributed by atoms with van der Waals surface area (Å²) in [7, 11) is 0. The molecule has 1 unspecified atom stereocenters. The monoisotopic (exact) mass is 207 g/mol. The fourth-order valence-corrected chi connectivity index (χ4v) is 1.78. The lowest BCUT2D eigenvalue weighted by Crippen LogP contribution is -2.49. The highest BCUT2D eigenvalue weighted by Crippen LogP contribution is 2.30. The van der Waals surface area contributed by atoms with Crippen molar-refractivity contribution in [1.29, 1.82) is 0 Å². The molecule has 1 heterocycles. The van der Waals surface area contributed by atoms with E-state index in [2.05, 4.69) is 6.58 Å². The van der Waals surface area contributed by atoms with Gasteiger partial charge in [-0.05, 0) is 12.2 Å². The van der Waals surface area contributed by atoms with E-state index in [0.29, 0.717) is 25.4 Å². The van der Waals surface area contributed by atoms with Gasteiger partial charge in [-0.3, -0.25) is 4.79 Å². The highest BCUT2D eigenvalue weighted by Gasteiger charge is 2.39. The minimum Gasteiger partial charge on any atom is -0.364 e. The fraction of sp³-hybridized carbons (Fsp3) is 0.364. The highest BCUT2D eigenvalue weighted by molar-refractivity contribution is 6.01. The summed E-state index contributed by atoms with van der Waals surface area (Å²) >= 11 is 0. The average molecular weight is 207 g/mol. The lowest BCUT2D eigenvalue weighted by molar-refractivity contribution is -0.176. The molecule has 2 rings (SSSR count). The van der Waals surface area contributed by atoms with Crippen LogP contribution in [-0.4, -0.2) is 41.3 Å². The van der Waals surface area contributed by atoms with Crippen LogP contribution >= 0.6 is 0 Å². The first-order valence-corrected chi connectivity index (χ1v) is 4.83. The summed E-state index contributed by atoms with van der Waals surface area (Å²) in [5.41, 5.74) is 0.501. The molecule has 0 aromatic heterocycles. The van der Waals surface area contributed by atoms with Crippen LogP contribution in [0.15, 0.2) is 36.6 Å². The Morgan fingerprint density at radius 2 is 2.53 bits per heavy atom. The average Bonchev–Trinajstić information content (AvgIpc) is 2.21. The molecule has 4 nitrogen and oxygen atoms in total. The van der Waals surface area contributed by atoms with Crippen LogP contribution in [0.5, 0.6) is 0 Å². The summed E-state index contributed by atoms with van der Waals surface area (Å²) in [6, 6.07) is 0. The summed E-state index contributed by atoms with van der Waals surface area (Å²) in [5.74, 6) is -1.57. The van der Waals surface area contributed by atoms with Gasteiger partial charge in [0, 0.05) is 19.2 Å². The van der Waals surface area contributed by atoms with Crippen molar-refractivity contribution < 1.29 is 14.6 Å². The summed E-state index contributed by atoms with van der Waals surface area (Å²) in [6.45, 7) is 5.32.